The third-order valence-corrected chi connectivity index (χ3v) is 2.79. The molecule has 0 aliphatic rings. The smallest absolute Gasteiger partial charge is 0.336 e. The molecule has 0 N–H and O–H groups in total. The van der Waals surface area contributed by atoms with Crippen molar-refractivity contribution < 1.29 is 9.53 Å². The molecular formula is C16H13ClO2. The van der Waals surface area contributed by atoms with Crippen LogP contribution in [0.5, 0.6) is 5.75 Å². The maximum absolute atomic E-state index is 11.7. The zero-order valence-electron chi connectivity index (χ0n) is 10.5. The number of carbonyl (C=O) groups excluding carboxylic acids is 1. The Balaban J connectivity index is 2.04. The first kappa shape index (κ1) is 13.4. The normalized spacial score (nSPS) is 10.6. The molecule has 2 rings (SSSR count). The van der Waals surface area contributed by atoms with E-state index in [0.717, 1.165) is 11.1 Å². The van der Waals surface area contributed by atoms with E-state index in [1.807, 2.05) is 37.3 Å². The maximum atomic E-state index is 11.7. The summed E-state index contributed by atoms with van der Waals surface area (Å²) in [7, 11) is 0. The van der Waals surface area contributed by atoms with Gasteiger partial charge in [0.1, 0.15) is 5.75 Å². The second kappa shape index (κ2) is 6.21. The van der Waals surface area contributed by atoms with E-state index < -0.39 is 5.97 Å². The van der Waals surface area contributed by atoms with Crippen molar-refractivity contribution in [2.45, 2.75) is 6.92 Å². The average Bonchev–Trinajstić information content (AvgIpc) is 2.41. The molecule has 0 atom stereocenters. The van der Waals surface area contributed by atoms with E-state index in [9.17, 15) is 4.79 Å². The first-order valence-corrected chi connectivity index (χ1v) is 6.24. The fraction of sp³-hybridized carbons (Fsp3) is 0.0625. The topological polar surface area (TPSA) is 26.3 Å². The van der Waals surface area contributed by atoms with Crippen molar-refractivity contribution in [3.63, 3.8) is 0 Å². The van der Waals surface area contributed by atoms with Crippen molar-refractivity contribution in [2.75, 3.05) is 0 Å². The zero-order chi connectivity index (χ0) is 13.7. The van der Waals surface area contributed by atoms with Gasteiger partial charge in [0.2, 0.25) is 0 Å². The van der Waals surface area contributed by atoms with Crippen LogP contribution in [0.25, 0.3) is 6.08 Å². The molecule has 0 fully saturated rings. The maximum Gasteiger partial charge on any atom is 0.336 e. The van der Waals surface area contributed by atoms with Crippen LogP contribution in [-0.4, -0.2) is 5.97 Å². The first-order valence-electron chi connectivity index (χ1n) is 5.86. The van der Waals surface area contributed by atoms with Crippen LogP contribution in [0.1, 0.15) is 11.1 Å². The van der Waals surface area contributed by atoms with Gasteiger partial charge in [-0.2, -0.15) is 0 Å². The van der Waals surface area contributed by atoms with Gasteiger partial charge >= 0.3 is 5.97 Å². The number of rotatable bonds is 3. The van der Waals surface area contributed by atoms with Gasteiger partial charge in [-0.15, -0.1) is 0 Å². The number of hydrogen-bond donors (Lipinski definition) is 0. The lowest BCUT2D eigenvalue weighted by Gasteiger charge is -2.05. The molecule has 0 heterocycles. The van der Waals surface area contributed by atoms with Crippen molar-refractivity contribution in [2.24, 2.45) is 0 Å². The molecule has 0 aliphatic carbocycles. The number of ether oxygens (including phenoxy) is 1. The summed E-state index contributed by atoms with van der Waals surface area (Å²) in [5, 5.41) is 0.622. The number of esters is 1. The number of halogens is 1. The van der Waals surface area contributed by atoms with Crippen LogP contribution in [0.2, 0.25) is 5.02 Å². The summed E-state index contributed by atoms with van der Waals surface area (Å²) in [6.45, 7) is 1.84. The third kappa shape index (κ3) is 3.97. The van der Waals surface area contributed by atoms with Gasteiger partial charge in [0, 0.05) is 11.1 Å². The van der Waals surface area contributed by atoms with Gasteiger partial charge in [-0.25, -0.2) is 4.79 Å². The molecule has 0 aromatic heterocycles. The predicted octanol–water partition coefficient (Wildman–Crippen LogP) is 4.27. The molecule has 0 unspecified atom stereocenters. The number of hydrogen-bond acceptors (Lipinski definition) is 2. The van der Waals surface area contributed by atoms with E-state index in [1.165, 1.54) is 6.08 Å². The Labute approximate surface area is 117 Å². The summed E-state index contributed by atoms with van der Waals surface area (Å²) in [4.78, 5) is 11.7. The fourth-order valence-corrected chi connectivity index (χ4v) is 1.82. The second-order valence-corrected chi connectivity index (χ2v) is 4.51. The molecule has 0 bridgehead atoms. The Morgan fingerprint density at radius 2 is 1.89 bits per heavy atom. The Morgan fingerprint density at radius 3 is 2.58 bits per heavy atom. The molecule has 2 nitrogen and oxygen atoms in total. The lowest BCUT2D eigenvalue weighted by Crippen LogP contribution is -2.04. The van der Waals surface area contributed by atoms with Gasteiger partial charge in [-0.05, 0) is 42.3 Å². The zero-order valence-corrected chi connectivity index (χ0v) is 11.2. The SMILES string of the molecule is Cc1cc(Cl)ccc1OC(=O)/C=C/c1ccccc1. The van der Waals surface area contributed by atoms with Gasteiger partial charge in [-0.3, -0.25) is 0 Å². The summed E-state index contributed by atoms with van der Waals surface area (Å²) < 4.78 is 5.24. The van der Waals surface area contributed by atoms with Gasteiger partial charge in [0.05, 0.1) is 0 Å². The summed E-state index contributed by atoms with van der Waals surface area (Å²) >= 11 is 5.84. The second-order valence-electron chi connectivity index (χ2n) is 4.07. The van der Waals surface area contributed by atoms with E-state index in [2.05, 4.69) is 0 Å². The molecule has 0 aliphatic heterocycles. The van der Waals surface area contributed by atoms with Crippen LogP contribution in [0, 0.1) is 6.92 Å². The first-order chi connectivity index (χ1) is 9.15. The number of aryl methyl sites for hydroxylation is 1. The van der Waals surface area contributed by atoms with Crippen LogP contribution in [0.15, 0.2) is 54.6 Å². The highest BCUT2D eigenvalue weighted by atomic mass is 35.5. The predicted molar refractivity (Wildman–Crippen MR) is 77.3 cm³/mol. The molecule has 19 heavy (non-hydrogen) atoms. The van der Waals surface area contributed by atoms with E-state index in [1.54, 1.807) is 24.3 Å². The molecule has 2 aromatic rings. The fourth-order valence-electron chi connectivity index (χ4n) is 1.60. The molecule has 0 amide bonds. The van der Waals surface area contributed by atoms with Crippen LogP contribution >= 0.6 is 11.6 Å². The van der Waals surface area contributed by atoms with Gasteiger partial charge in [0.25, 0.3) is 0 Å². The summed E-state index contributed by atoms with van der Waals surface area (Å²) in [6, 6.07) is 14.7. The van der Waals surface area contributed by atoms with Gasteiger partial charge in [0.15, 0.2) is 0 Å². The van der Waals surface area contributed by atoms with Gasteiger partial charge < -0.3 is 4.74 Å². The van der Waals surface area contributed by atoms with Gasteiger partial charge in [-0.1, -0.05) is 41.9 Å². The van der Waals surface area contributed by atoms with E-state index in [0.29, 0.717) is 10.8 Å². The quantitative estimate of drug-likeness (QED) is 0.474. The molecule has 0 spiro atoms. The minimum atomic E-state index is -0.408. The monoisotopic (exact) mass is 272 g/mol. The molecule has 0 saturated carbocycles. The van der Waals surface area contributed by atoms with Crippen LogP contribution in [0.4, 0.5) is 0 Å². The standard InChI is InChI=1S/C16H13ClO2/c1-12-11-14(17)8-9-15(12)19-16(18)10-7-13-5-3-2-4-6-13/h2-11H,1H3/b10-7+. The highest BCUT2D eigenvalue weighted by Gasteiger charge is 2.04. The minimum absolute atomic E-state index is 0.408. The van der Waals surface area contributed by atoms with Crippen LogP contribution < -0.4 is 4.74 Å². The Hall–Kier alpha value is -2.06. The minimum Gasteiger partial charge on any atom is -0.423 e. The molecule has 96 valence electrons. The molecule has 2 aromatic carbocycles. The molecule has 0 radical (unpaired) electrons. The number of benzene rings is 2. The van der Waals surface area contributed by atoms with Crippen LogP contribution in [0.3, 0.4) is 0 Å². The Bertz CT molecular complexity index is 603. The highest BCUT2D eigenvalue weighted by Crippen LogP contribution is 2.22. The Kier molecular flexibility index (Phi) is 4.37. The van der Waals surface area contributed by atoms with Crippen molar-refractivity contribution in [3.8, 4) is 5.75 Å². The number of carbonyl (C=O) groups is 1. The highest BCUT2D eigenvalue weighted by molar-refractivity contribution is 6.30. The van der Waals surface area contributed by atoms with E-state index >= 15 is 0 Å². The van der Waals surface area contributed by atoms with Crippen LogP contribution in [-0.2, 0) is 4.79 Å². The van der Waals surface area contributed by atoms with Crippen molar-refractivity contribution in [1.82, 2.24) is 0 Å². The lowest BCUT2D eigenvalue weighted by atomic mass is 10.2. The van der Waals surface area contributed by atoms with E-state index in [4.69, 9.17) is 16.3 Å². The van der Waals surface area contributed by atoms with E-state index in [-0.39, 0.29) is 0 Å². The summed E-state index contributed by atoms with van der Waals surface area (Å²) in [6.07, 6.45) is 3.12. The summed E-state index contributed by atoms with van der Waals surface area (Å²) in [5.74, 6) is 0.112. The molecule has 3 heteroatoms. The Morgan fingerprint density at radius 1 is 1.16 bits per heavy atom. The summed E-state index contributed by atoms with van der Waals surface area (Å²) in [5.41, 5.74) is 1.78. The lowest BCUT2D eigenvalue weighted by molar-refractivity contribution is -0.128. The average molecular weight is 273 g/mol. The van der Waals surface area contributed by atoms with Crippen molar-refractivity contribution in [3.05, 3.63) is 70.8 Å². The van der Waals surface area contributed by atoms with Crippen molar-refractivity contribution >= 4 is 23.6 Å². The molecule has 0 saturated heterocycles. The van der Waals surface area contributed by atoms with Crippen molar-refractivity contribution in [1.29, 1.82) is 0 Å². The third-order valence-electron chi connectivity index (χ3n) is 2.56. The molecular weight excluding hydrogens is 260 g/mol. The largest absolute Gasteiger partial charge is 0.423 e.